The van der Waals surface area contributed by atoms with Crippen LogP contribution in [0, 0.1) is 5.92 Å². The van der Waals surface area contributed by atoms with E-state index in [2.05, 4.69) is 19.2 Å². The molecule has 0 saturated heterocycles. The topological polar surface area (TPSA) is 32.3 Å². The molecule has 1 aliphatic carbocycles. The quantitative estimate of drug-likeness (QED) is 0.711. The summed E-state index contributed by atoms with van der Waals surface area (Å²) in [6.45, 7) is 5.47. The van der Waals surface area contributed by atoms with Gasteiger partial charge in [-0.1, -0.05) is 33.1 Å². The summed E-state index contributed by atoms with van der Waals surface area (Å²) in [6.07, 6.45) is 8.42. The second-order valence-electron chi connectivity index (χ2n) is 4.88. The lowest BCUT2D eigenvalue weighted by Crippen LogP contribution is -2.48. The van der Waals surface area contributed by atoms with Gasteiger partial charge in [-0.3, -0.25) is 0 Å². The van der Waals surface area contributed by atoms with Gasteiger partial charge in [0.1, 0.15) is 0 Å². The Morgan fingerprint density at radius 2 is 2.00 bits per heavy atom. The number of hydrogen-bond acceptors (Lipinski definition) is 2. The third-order valence-corrected chi connectivity index (χ3v) is 3.56. The molecular weight excluding hydrogens is 186 g/mol. The van der Waals surface area contributed by atoms with Gasteiger partial charge in [0.25, 0.3) is 0 Å². The SMILES string of the molecule is CCCCC1CCCC(O)C1NCCC. The first-order valence-corrected chi connectivity index (χ1v) is 6.71. The van der Waals surface area contributed by atoms with Crippen molar-refractivity contribution in [3.8, 4) is 0 Å². The molecule has 1 rings (SSSR count). The average Bonchev–Trinajstić information content (AvgIpc) is 2.25. The van der Waals surface area contributed by atoms with E-state index in [1.165, 1.54) is 32.1 Å². The normalized spacial score (nSPS) is 31.8. The van der Waals surface area contributed by atoms with Crippen LogP contribution >= 0.6 is 0 Å². The van der Waals surface area contributed by atoms with Gasteiger partial charge in [-0.05, 0) is 38.1 Å². The molecule has 0 bridgehead atoms. The summed E-state index contributed by atoms with van der Waals surface area (Å²) in [6, 6.07) is 0.366. The van der Waals surface area contributed by atoms with Crippen molar-refractivity contribution in [2.45, 2.75) is 70.9 Å². The fourth-order valence-electron chi connectivity index (χ4n) is 2.67. The molecule has 0 aromatic rings. The van der Waals surface area contributed by atoms with E-state index in [9.17, 15) is 5.11 Å². The Balaban J connectivity index is 2.40. The first-order chi connectivity index (χ1) is 7.29. The monoisotopic (exact) mass is 213 g/mol. The predicted molar refractivity (Wildman–Crippen MR) is 65.0 cm³/mol. The third-order valence-electron chi connectivity index (χ3n) is 3.56. The maximum absolute atomic E-state index is 10.0. The zero-order chi connectivity index (χ0) is 11.1. The summed E-state index contributed by atoms with van der Waals surface area (Å²) < 4.78 is 0. The van der Waals surface area contributed by atoms with Crippen molar-refractivity contribution >= 4 is 0 Å². The lowest BCUT2D eigenvalue weighted by atomic mass is 9.79. The van der Waals surface area contributed by atoms with Gasteiger partial charge in [0, 0.05) is 6.04 Å². The van der Waals surface area contributed by atoms with E-state index in [-0.39, 0.29) is 6.10 Å². The molecule has 0 amide bonds. The first kappa shape index (κ1) is 13.0. The molecule has 1 fully saturated rings. The highest BCUT2D eigenvalue weighted by Gasteiger charge is 2.30. The molecule has 1 saturated carbocycles. The van der Waals surface area contributed by atoms with Gasteiger partial charge in [0.05, 0.1) is 6.10 Å². The minimum atomic E-state index is -0.104. The van der Waals surface area contributed by atoms with Crippen LogP contribution in [0.4, 0.5) is 0 Å². The van der Waals surface area contributed by atoms with Gasteiger partial charge < -0.3 is 10.4 Å². The van der Waals surface area contributed by atoms with Crippen molar-refractivity contribution in [3.05, 3.63) is 0 Å². The van der Waals surface area contributed by atoms with Crippen LogP contribution in [0.15, 0.2) is 0 Å². The van der Waals surface area contributed by atoms with Crippen molar-refractivity contribution < 1.29 is 5.11 Å². The van der Waals surface area contributed by atoms with Crippen molar-refractivity contribution in [2.75, 3.05) is 6.54 Å². The maximum atomic E-state index is 10.0. The lowest BCUT2D eigenvalue weighted by Gasteiger charge is -2.36. The van der Waals surface area contributed by atoms with Gasteiger partial charge in [0.2, 0.25) is 0 Å². The Hall–Kier alpha value is -0.0800. The maximum Gasteiger partial charge on any atom is 0.0695 e. The van der Waals surface area contributed by atoms with E-state index in [4.69, 9.17) is 0 Å². The van der Waals surface area contributed by atoms with Crippen LogP contribution in [-0.4, -0.2) is 23.8 Å². The number of hydrogen-bond donors (Lipinski definition) is 2. The summed E-state index contributed by atoms with van der Waals surface area (Å²) in [5.41, 5.74) is 0. The van der Waals surface area contributed by atoms with E-state index in [0.29, 0.717) is 12.0 Å². The Morgan fingerprint density at radius 3 is 2.67 bits per heavy atom. The fourth-order valence-corrected chi connectivity index (χ4v) is 2.67. The molecule has 2 N–H and O–H groups in total. The Kier molecular flexibility index (Phi) is 6.26. The average molecular weight is 213 g/mol. The van der Waals surface area contributed by atoms with E-state index in [0.717, 1.165) is 19.4 Å². The molecule has 3 atom stereocenters. The molecule has 90 valence electrons. The molecule has 2 nitrogen and oxygen atoms in total. The van der Waals surface area contributed by atoms with Crippen LogP contribution in [0.5, 0.6) is 0 Å². The molecule has 2 heteroatoms. The molecular formula is C13H27NO. The van der Waals surface area contributed by atoms with Crippen LogP contribution in [-0.2, 0) is 0 Å². The largest absolute Gasteiger partial charge is 0.391 e. The highest BCUT2D eigenvalue weighted by molar-refractivity contribution is 4.87. The van der Waals surface area contributed by atoms with Crippen LogP contribution in [0.1, 0.15) is 58.8 Å². The second kappa shape index (κ2) is 7.24. The highest BCUT2D eigenvalue weighted by Crippen LogP contribution is 2.28. The van der Waals surface area contributed by atoms with Gasteiger partial charge in [-0.2, -0.15) is 0 Å². The third kappa shape index (κ3) is 4.12. The molecule has 0 aromatic heterocycles. The number of aliphatic hydroxyl groups is 1. The molecule has 0 aromatic carbocycles. The molecule has 1 aliphatic rings. The Labute approximate surface area is 94.5 Å². The van der Waals surface area contributed by atoms with E-state index < -0.39 is 0 Å². The van der Waals surface area contributed by atoms with Gasteiger partial charge in [-0.15, -0.1) is 0 Å². The zero-order valence-corrected chi connectivity index (χ0v) is 10.3. The second-order valence-corrected chi connectivity index (χ2v) is 4.88. The van der Waals surface area contributed by atoms with Gasteiger partial charge >= 0.3 is 0 Å². The van der Waals surface area contributed by atoms with Crippen molar-refractivity contribution in [1.29, 1.82) is 0 Å². The first-order valence-electron chi connectivity index (χ1n) is 6.71. The van der Waals surface area contributed by atoms with Crippen LogP contribution in [0.2, 0.25) is 0 Å². The van der Waals surface area contributed by atoms with Gasteiger partial charge in [-0.25, -0.2) is 0 Å². The van der Waals surface area contributed by atoms with Crippen molar-refractivity contribution in [1.82, 2.24) is 5.32 Å². The van der Waals surface area contributed by atoms with Crippen LogP contribution < -0.4 is 5.32 Å². The van der Waals surface area contributed by atoms with E-state index in [1.807, 2.05) is 0 Å². The zero-order valence-electron chi connectivity index (χ0n) is 10.3. The van der Waals surface area contributed by atoms with Crippen molar-refractivity contribution in [2.24, 2.45) is 5.92 Å². The number of aliphatic hydroxyl groups excluding tert-OH is 1. The summed E-state index contributed by atoms with van der Waals surface area (Å²) in [7, 11) is 0. The lowest BCUT2D eigenvalue weighted by molar-refractivity contribution is 0.0541. The molecule has 0 aliphatic heterocycles. The fraction of sp³-hybridized carbons (Fsp3) is 1.00. The van der Waals surface area contributed by atoms with E-state index in [1.54, 1.807) is 0 Å². The van der Waals surface area contributed by atoms with Gasteiger partial charge in [0.15, 0.2) is 0 Å². The number of nitrogens with one attached hydrogen (secondary N) is 1. The van der Waals surface area contributed by atoms with Crippen molar-refractivity contribution in [3.63, 3.8) is 0 Å². The number of unbranched alkanes of at least 4 members (excludes halogenated alkanes) is 1. The molecule has 0 spiro atoms. The summed E-state index contributed by atoms with van der Waals surface area (Å²) in [5.74, 6) is 0.709. The Bertz CT molecular complexity index is 161. The molecule has 0 radical (unpaired) electrons. The summed E-state index contributed by atoms with van der Waals surface area (Å²) >= 11 is 0. The van der Waals surface area contributed by atoms with Crippen LogP contribution in [0.25, 0.3) is 0 Å². The Morgan fingerprint density at radius 1 is 1.20 bits per heavy atom. The standard InChI is InChI=1S/C13H27NO/c1-3-5-7-11-8-6-9-12(15)13(11)14-10-4-2/h11-15H,3-10H2,1-2H3. The minimum absolute atomic E-state index is 0.104. The summed E-state index contributed by atoms with van der Waals surface area (Å²) in [4.78, 5) is 0. The molecule has 15 heavy (non-hydrogen) atoms. The van der Waals surface area contributed by atoms with E-state index >= 15 is 0 Å². The molecule has 3 unspecified atom stereocenters. The smallest absolute Gasteiger partial charge is 0.0695 e. The molecule has 0 heterocycles. The predicted octanol–water partition coefficient (Wildman–Crippen LogP) is 2.71. The van der Waals surface area contributed by atoms with Crippen LogP contribution in [0.3, 0.4) is 0 Å². The minimum Gasteiger partial charge on any atom is -0.391 e. The highest BCUT2D eigenvalue weighted by atomic mass is 16.3. The summed E-state index contributed by atoms with van der Waals surface area (Å²) in [5, 5.41) is 13.5. The number of rotatable bonds is 6.